The molecule has 0 radical (unpaired) electrons. The van der Waals surface area contributed by atoms with E-state index < -0.39 is 20.6 Å². The van der Waals surface area contributed by atoms with E-state index in [0.29, 0.717) is 5.69 Å². The molecule has 1 N–H and O–H groups in total. The third-order valence-corrected chi connectivity index (χ3v) is 6.04. The third kappa shape index (κ3) is 3.26. The minimum Gasteiger partial charge on any atom is -0.480 e. The van der Waals surface area contributed by atoms with Gasteiger partial charge < -0.3 is 5.11 Å². The van der Waals surface area contributed by atoms with E-state index in [0.717, 1.165) is 17.5 Å². The second-order valence-electron chi connectivity index (χ2n) is 5.67. The van der Waals surface area contributed by atoms with Crippen molar-refractivity contribution >= 4 is 15.8 Å². The zero-order chi connectivity index (χ0) is 17.3. The van der Waals surface area contributed by atoms with Crippen LogP contribution in [-0.2, 0) is 21.2 Å². The SMILES string of the molecule is Cc1nnn(CCC(C)(C(=O)O)S(C)(=O)=O)c1-c1ccccc1. The Morgan fingerprint density at radius 2 is 1.91 bits per heavy atom. The van der Waals surface area contributed by atoms with Crippen LogP contribution in [0.1, 0.15) is 19.0 Å². The van der Waals surface area contributed by atoms with Crippen molar-refractivity contribution in [1.82, 2.24) is 15.0 Å². The summed E-state index contributed by atoms with van der Waals surface area (Å²) in [5.41, 5.74) is 2.35. The highest BCUT2D eigenvalue weighted by Gasteiger charge is 2.43. The monoisotopic (exact) mass is 337 g/mol. The van der Waals surface area contributed by atoms with Gasteiger partial charge in [-0.15, -0.1) is 5.10 Å². The van der Waals surface area contributed by atoms with Crippen molar-refractivity contribution in [3.05, 3.63) is 36.0 Å². The number of hydrogen-bond donors (Lipinski definition) is 1. The molecule has 0 fully saturated rings. The first-order valence-corrected chi connectivity index (χ1v) is 8.94. The third-order valence-electron chi connectivity index (χ3n) is 4.02. The second kappa shape index (κ2) is 6.11. The average Bonchev–Trinajstić information content (AvgIpc) is 2.85. The fraction of sp³-hybridized carbons (Fsp3) is 0.400. The van der Waals surface area contributed by atoms with Crippen LogP contribution in [-0.4, -0.2) is 45.5 Å². The maximum atomic E-state index is 11.8. The van der Waals surface area contributed by atoms with E-state index in [1.54, 1.807) is 11.6 Å². The van der Waals surface area contributed by atoms with E-state index in [4.69, 9.17) is 0 Å². The summed E-state index contributed by atoms with van der Waals surface area (Å²) < 4.78 is 23.4. The Morgan fingerprint density at radius 3 is 2.43 bits per heavy atom. The van der Waals surface area contributed by atoms with Gasteiger partial charge in [0.1, 0.15) is 0 Å². The van der Waals surface area contributed by atoms with Crippen LogP contribution in [0.2, 0.25) is 0 Å². The molecule has 2 rings (SSSR count). The number of rotatable bonds is 6. The second-order valence-corrected chi connectivity index (χ2v) is 8.12. The van der Waals surface area contributed by atoms with E-state index in [-0.39, 0.29) is 13.0 Å². The Labute approximate surface area is 134 Å². The van der Waals surface area contributed by atoms with Crippen LogP contribution in [0.5, 0.6) is 0 Å². The molecular weight excluding hydrogens is 318 g/mol. The van der Waals surface area contributed by atoms with Crippen LogP contribution in [0.15, 0.2) is 30.3 Å². The summed E-state index contributed by atoms with van der Waals surface area (Å²) in [5, 5.41) is 17.3. The number of aromatic nitrogens is 3. The topological polar surface area (TPSA) is 102 Å². The van der Waals surface area contributed by atoms with Gasteiger partial charge >= 0.3 is 5.97 Å². The lowest BCUT2D eigenvalue weighted by molar-refractivity contribution is -0.139. The normalized spacial score (nSPS) is 14.4. The number of aryl methyl sites for hydroxylation is 2. The number of nitrogens with zero attached hydrogens (tertiary/aromatic N) is 3. The molecule has 0 bridgehead atoms. The zero-order valence-corrected chi connectivity index (χ0v) is 14.0. The van der Waals surface area contributed by atoms with Gasteiger partial charge in [0, 0.05) is 18.4 Å². The molecule has 0 amide bonds. The van der Waals surface area contributed by atoms with Gasteiger partial charge in [0.2, 0.25) is 0 Å². The van der Waals surface area contributed by atoms with Gasteiger partial charge in [-0.3, -0.25) is 4.79 Å². The van der Waals surface area contributed by atoms with Crippen LogP contribution in [0.4, 0.5) is 0 Å². The quantitative estimate of drug-likeness (QED) is 0.857. The Balaban J connectivity index is 2.34. The molecule has 0 saturated heterocycles. The van der Waals surface area contributed by atoms with Gasteiger partial charge in [0.05, 0.1) is 11.4 Å². The first-order valence-electron chi connectivity index (χ1n) is 7.05. The Morgan fingerprint density at radius 1 is 1.30 bits per heavy atom. The maximum absolute atomic E-state index is 11.8. The summed E-state index contributed by atoms with van der Waals surface area (Å²) in [6.45, 7) is 3.16. The zero-order valence-electron chi connectivity index (χ0n) is 13.2. The van der Waals surface area contributed by atoms with Gasteiger partial charge in [0.15, 0.2) is 14.6 Å². The van der Waals surface area contributed by atoms with Crippen LogP contribution >= 0.6 is 0 Å². The van der Waals surface area contributed by atoms with Crippen molar-refractivity contribution in [2.45, 2.75) is 31.6 Å². The lowest BCUT2D eigenvalue weighted by atomic mass is 10.1. The molecule has 1 heterocycles. The molecule has 7 nitrogen and oxygen atoms in total. The van der Waals surface area contributed by atoms with E-state index >= 15 is 0 Å². The standard InChI is InChI=1S/C15H19N3O4S/c1-11-13(12-7-5-4-6-8-12)18(17-16-11)10-9-15(2,14(19)20)23(3,21)22/h4-8H,9-10H2,1-3H3,(H,19,20). The summed E-state index contributed by atoms with van der Waals surface area (Å²) >= 11 is 0. The summed E-state index contributed by atoms with van der Waals surface area (Å²) in [7, 11) is -3.77. The Hall–Kier alpha value is -2.22. The lowest BCUT2D eigenvalue weighted by Crippen LogP contribution is -2.44. The molecule has 1 unspecified atom stereocenters. The highest BCUT2D eigenvalue weighted by molar-refractivity contribution is 7.92. The lowest BCUT2D eigenvalue weighted by Gasteiger charge is -2.22. The van der Waals surface area contributed by atoms with Crippen molar-refractivity contribution < 1.29 is 18.3 Å². The number of carboxylic acids is 1. The molecule has 0 spiro atoms. The highest BCUT2D eigenvalue weighted by atomic mass is 32.2. The van der Waals surface area contributed by atoms with Crippen LogP contribution in [0, 0.1) is 6.92 Å². The van der Waals surface area contributed by atoms with Crippen LogP contribution in [0.25, 0.3) is 11.3 Å². The van der Waals surface area contributed by atoms with Crippen molar-refractivity contribution in [3.8, 4) is 11.3 Å². The Kier molecular flexibility index (Phi) is 4.56. The number of sulfone groups is 1. The number of aliphatic carboxylic acids is 1. The van der Waals surface area contributed by atoms with E-state index in [1.807, 2.05) is 30.3 Å². The first-order chi connectivity index (χ1) is 10.7. The number of carboxylic acid groups (broad SMARTS) is 1. The molecule has 1 aromatic heterocycles. The minimum atomic E-state index is -3.77. The predicted molar refractivity (Wildman–Crippen MR) is 85.7 cm³/mol. The summed E-state index contributed by atoms with van der Waals surface area (Å²) in [6.07, 6.45) is 0.843. The number of hydrogen-bond acceptors (Lipinski definition) is 5. The smallest absolute Gasteiger partial charge is 0.324 e. The van der Waals surface area contributed by atoms with E-state index in [9.17, 15) is 18.3 Å². The average molecular weight is 337 g/mol. The molecule has 1 atom stereocenters. The fourth-order valence-electron chi connectivity index (χ4n) is 2.28. The van der Waals surface area contributed by atoms with Gasteiger partial charge in [-0.05, 0) is 20.3 Å². The number of carbonyl (C=O) groups is 1. The molecule has 124 valence electrons. The summed E-state index contributed by atoms with van der Waals surface area (Å²) in [6, 6.07) is 9.44. The van der Waals surface area contributed by atoms with Gasteiger partial charge in [-0.25, -0.2) is 13.1 Å². The Bertz CT molecular complexity index is 815. The maximum Gasteiger partial charge on any atom is 0.324 e. The predicted octanol–water partition coefficient (Wildman–Crippen LogP) is 1.53. The minimum absolute atomic E-state index is 0.0935. The highest BCUT2D eigenvalue weighted by Crippen LogP contribution is 2.25. The van der Waals surface area contributed by atoms with Crippen molar-refractivity contribution in [2.24, 2.45) is 0 Å². The van der Waals surface area contributed by atoms with E-state index in [2.05, 4.69) is 10.3 Å². The first kappa shape index (κ1) is 17.1. The largest absolute Gasteiger partial charge is 0.480 e. The van der Waals surface area contributed by atoms with Crippen LogP contribution < -0.4 is 0 Å². The molecular formula is C15H19N3O4S. The molecule has 8 heteroatoms. The van der Waals surface area contributed by atoms with Crippen LogP contribution in [0.3, 0.4) is 0 Å². The van der Waals surface area contributed by atoms with Crippen molar-refractivity contribution in [2.75, 3.05) is 6.26 Å². The summed E-state index contributed by atoms with van der Waals surface area (Å²) in [5.74, 6) is -1.36. The molecule has 1 aromatic carbocycles. The van der Waals surface area contributed by atoms with Gasteiger partial charge in [-0.2, -0.15) is 0 Å². The molecule has 0 aliphatic carbocycles. The fourth-order valence-corrected chi connectivity index (χ4v) is 3.06. The summed E-state index contributed by atoms with van der Waals surface area (Å²) in [4.78, 5) is 11.4. The van der Waals surface area contributed by atoms with Crippen molar-refractivity contribution in [1.29, 1.82) is 0 Å². The van der Waals surface area contributed by atoms with Gasteiger partial charge in [-0.1, -0.05) is 35.5 Å². The molecule has 2 aromatic rings. The molecule has 23 heavy (non-hydrogen) atoms. The van der Waals surface area contributed by atoms with Crippen molar-refractivity contribution in [3.63, 3.8) is 0 Å². The molecule has 0 aliphatic heterocycles. The number of benzene rings is 1. The van der Waals surface area contributed by atoms with Gasteiger partial charge in [0.25, 0.3) is 0 Å². The molecule has 0 saturated carbocycles. The van der Waals surface area contributed by atoms with E-state index in [1.165, 1.54) is 6.92 Å². The molecule has 0 aliphatic rings.